The predicted molar refractivity (Wildman–Crippen MR) is 100 cm³/mol. The molecule has 7 nitrogen and oxygen atoms in total. The Balaban J connectivity index is 2.18. The first-order valence-electron chi connectivity index (χ1n) is 7.68. The number of aromatic nitrogens is 4. The van der Waals surface area contributed by atoms with Crippen molar-refractivity contribution in [3.8, 4) is 11.1 Å². The van der Waals surface area contributed by atoms with E-state index in [-0.39, 0.29) is 17.5 Å². The molecule has 1 amide bonds. The minimum Gasteiger partial charge on any atom is -0.368 e. The SMILES string of the molecule is CC(C)n1ncc2c(-c3ccsc3)c3sc(=O)n(CC(N)=O)c3nc21. The smallest absolute Gasteiger partial charge is 0.309 e. The largest absolute Gasteiger partial charge is 0.368 e. The molecule has 4 heterocycles. The molecule has 0 unspecified atom stereocenters. The molecule has 4 aromatic heterocycles. The molecule has 9 heteroatoms. The van der Waals surface area contributed by atoms with E-state index < -0.39 is 5.91 Å². The van der Waals surface area contributed by atoms with E-state index in [1.807, 2.05) is 35.4 Å². The summed E-state index contributed by atoms with van der Waals surface area (Å²) in [6, 6.07) is 2.13. The number of nitrogens with two attached hydrogens (primary N) is 1. The highest BCUT2D eigenvalue weighted by atomic mass is 32.1. The maximum atomic E-state index is 12.4. The van der Waals surface area contributed by atoms with Gasteiger partial charge in [0.15, 0.2) is 11.3 Å². The van der Waals surface area contributed by atoms with Crippen LogP contribution in [0.3, 0.4) is 0 Å². The first-order chi connectivity index (χ1) is 12.0. The van der Waals surface area contributed by atoms with Crippen molar-refractivity contribution in [2.75, 3.05) is 0 Å². The summed E-state index contributed by atoms with van der Waals surface area (Å²) < 4.78 is 3.91. The molecule has 25 heavy (non-hydrogen) atoms. The van der Waals surface area contributed by atoms with E-state index in [1.54, 1.807) is 17.5 Å². The van der Waals surface area contributed by atoms with Gasteiger partial charge in [0, 0.05) is 17.0 Å². The zero-order chi connectivity index (χ0) is 17.7. The number of hydrogen-bond acceptors (Lipinski definition) is 6. The standard InChI is InChI=1S/C16H15N5O2S2/c1-8(2)21-14-10(5-18-21)12(9-3-4-24-7-9)13-15(19-14)20(6-11(17)22)16(23)25-13/h3-5,7-8H,6H2,1-2H3,(H2,17,22). The first-order valence-corrected chi connectivity index (χ1v) is 9.44. The van der Waals surface area contributed by atoms with E-state index in [9.17, 15) is 9.59 Å². The van der Waals surface area contributed by atoms with Crippen molar-refractivity contribution in [2.24, 2.45) is 5.73 Å². The van der Waals surface area contributed by atoms with Crippen molar-refractivity contribution in [1.82, 2.24) is 19.3 Å². The number of rotatable bonds is 4. The Labute approximate surface area is 150 Å². The highest BCUT2D eigenvalue weighted by molar-refractivity contribution is 7.17. The normalized spacial score (nSPS) is 11.8. The van der Waals surface area contributed by atoms with E-state index in [0.29, 0.717) is 11.3 Å². The van der Waals surface area contributed by atoms with Gasteiger partial charge in [-0.25, -0.2) is 9.67 Å². The van der Waals surface area contributed by atoms with Crippen LogP contribution in [-0.2, 0) is 11.3 Å². The summed E-state index contributed by atoms with van der Waals surface area (Å²) in [5.41, 5.74) is 8.42. The summed E-state index contributed by atoms with van der Waals surface area (Å²) in [5.74, 6) is -0.571. The second-order valence-corrected chi connectivity index (χ2v) is 7.73. The van der Waals surface area contributed by atoms with Crippen molar-refractivity contribution in [3.05, 3.63) is 32.7 Å². The van der Waals surface area contributed by atoms with Crippen molar-refractivity contribution in [3.63, 3.8) is 0 Å². The van der Waals surface area contributed by atoms with Crippen LogP contribution in [0.5, 0.6) is 0 Å². The highest BCUT2D eigenvalue weighted by Gasteiger charge is 2.21. The van der Waals surface area contributed by atoms with Gasteiger partial charge in [0.25, 0.3) is 0 Å². The van der Waals surface area contributed by atoms with E-state index in [4.69, 9.17) is 5.73 Å². The van der Waals surface area contributed by atoms with Crippen molar-refractivity contribution in [1.29, 1.82) is 0 Å². The Kier molecular flexibility index (Phi) is 3.69. The van der Waals surface area contributed by atoms with E-state index in [0.717, 1.165) is 32.5 Å². The predicted octanol–water partition coefficient (Wildman–Crippen LogP) is 2.60. The van der Waals surface area contributed by atoms with Crippen LogP contribution in [0.4, 0.5) is 0 Å². The van der Waals surface area contributed by atoms with Crippen LogP contribution in [0.2, 0.25) is 0 Å². The molecule has 0 aliphatic heterocycles. The van der Waals surface area contributed by atoms with Crippen LogP contribution < -0.4 is 10.6 Å². The molecule has 0 fully saturated rings. The lowest BCUT2D eigenvalue weighted by Gasteiger charge is -2.09. The topological polar surface area (TPSA) is 95.8 Å². The average molecular weight is 373 g/mol. The van der Waals surface area contributed by atoms with Gasteiger partial charge in [0.05, 0.1) is 10.9 Å². The Hall–Kier alpha value is -2.52. The van der Waals surface area contributed by atoms with Crippen LogP contribution in [0.25, 0.3) is 32.5 Å². The number of fused-ring (bicyclic) bond motifs is 2. The van der Waals surface area contributed by atoms with E-state index in [1.165, 1.54) is 4.57 Å². The van der Waals surface area contributed by atoms with Crippen molar-refractivity contribution in [2.45, 2.75) is 26.4 Å². The van der Waals surface area contributed by atoms with Gasteiger partial charge in [0.1, 0.15) is 6.54 Å². The molecule has 0 aliphatic rings. The lowest BCUT2D eigenvalue weighted by atomic mass is 10.1. The maximum absolute atomic E-state index is 12.4. The average Bonchev–Trinajstić information content (AvgIpc) is 3.25. The fraction of sp³-hybridized carbons (Fsp3) is 0.250. The number of carbonyl (C=O) groups excluding carboxylic acids is 1. The molecular formula is C16H15N5O2S2. The van der Waals surface area contributed by atoms with Gasteiger partial charge in [-0.2, -0.15) is 16.4 Å². The summed E-state index contributed by atoms with van der Waals surface area (Å²) in [5, 5.41) is 9.38. The third-order valence-electron chi connectivity index (χ3n) is 3.96. The molecule has 0 aromatic carbocycles. The number of thiazole rings is 1. The Morgan fingerprint density at radius 3 is 2.80 bits per heavy atom. The third-order valence-corrected chi connectivity index (χ3v) is 5.63. The van der Waals surface area contributed by atoms with Crippen LogP contribution >= 0.6 is 22.7 Å². The number of thiophene rings is 1. The first kappa shape index (κ1) is 16.0. The van der Waals surface area contributed by atoms with Gasteiger partial charge in [-0.15, -0.1) is 0 Å². The molecule has 4 aromatic rings. The van der Waals surface area contributed by atoms with E-state index in [2.05, 4.69) is 10.1 Å². The summed E-state index contributed by atoms with van der Waals surface area (Å²) in [6.45, 7) is 3.86. The molecule has 4 rings (SSSR count). The van der Waals surface area contributed by atoms with E-state index >= 15 is 0 Å². The molecule has 2 N–H and O–H groups in total. The van der Waals surface area contributed by atoms with Gasteiger partial charge in [0.2, 0.25) is 5.91 Å². The number of carbonyl (C=O) groups is 1. The quantitative estimate of drug-likeness (QED) is 0.595. The molecule has 0 radical (unpaired) electrons. The third kappa shape index (κ3) is 2.47. The molecular weight excluding hydrogens is 358 g/mol. The molecule has 0 atom stereocenters. The van der Waals surface area contributed by atoms with Gasteiger partial charge < -0.3 is 5.73 Å². The van der Waals surface area contributed by atoms with Crippen LogP contribution in [-0.4, -0.2) is 25.2 Å². The Morgan fingerprint density at radius 2 is 2.16 bits per heavy atom. The number of nitrogens with zero attached hydrogens (tertiary/aromatic N) is 4. The molecule has 0 saturated carbocycles. The Morgan fingerprint density at radius 1 is 1.36 bits per heavy atom. The minimum absolute atomic E-state index is 0.118. The second-order valence-electron chi connectivity index (χ2n) is 5.99. The number of primary amides is 1. The van der Waals surface area contributed by atoms with Crippen molar-refractivity contribution >= 4 is 50.0 Å². The summed E-state index contributed by atoms with van der Waals surface area (Å²) in [7, 11) is 0. The second kappa shape index (κ2) is 5.78. The maximum Gasteiger partial charge on any atom is 0.309 e. The number of amides is 1. The number of pyridine rings is 1. The molecule has 0 aliphatic carbocycles. The minimum atomic E-state index is -0.571. The molecule has 0 spiro atoms. The summed E-state index contributed by atoms with van der Waals surface area (Å²) in [4.78, 5) is 28.2. The zero-order valence-corrected chi connectivity index (χ0v) is 15.2. The fourth-order valence-electron chi connectivity index (χ4n) is 2.90. The fourth-order valence-corrected chi connectivity index (χ4v) is 4.56. The van der Waals surface area contributed by atoms with Gasteiger partial charge >= 0.3 is 4.87 Å². The molecule has 128 valence electrons. The van der Waals surface area contributed by atoms with Crippen molar-refractivity contribution < 1.29 is 4.79 Å². The van der Waals surface area contributed by atoms with Gasteiger partial charge in [-0.3, -0.25) is 14.2 Å². The van der Waals surface area contributed by atoms with Gasteiger partial charge in [-0.05, 0) is 36.2 Å². The monoisotopic (exact) mass is 373 g/mol. The van der Waals surface area contributed by atoms with Crippen LogP contribution in [0, 0.1) is 0 Å². The highest BCUT2D eigenvalue weighted by Crippen LogP contribution is 2.37. The van der Waals surface area contributed by atoms with Crippen LogP contribution in [0.1, 0.15) is 19.9 Å². The summed E-state index contributed by atoms with van der Waals surface area (Å²) in [6.07, 6.45) is 1.79. The van der Waals surface area contributed by atoms with Gasteiger partial charge in [-0.1, -0.05) is 11.3 Å². The van der Waals surface area contributed by atoms with Crippen LogP contribution in [0.15, 0.2) is 27.8 Å². The summed E-state index contributed by atoms with van der Waals surface area (Å²) >= 11 is 2.67. The molecule has 0 bridgehead atoms. The molecule has 0 saturated heterocycles. The number of hydrogen-bond donors (Lipinski definition) is 1. The lowest BCUT2D eigenvalue weighted by Crippen LogP contribution is -2.24. The zero-order valence-electron chi connectivity index (χ0n) is 13.6. The Bertz CT molecular complexity index is 1150. The lowest BCUT2D eigenvalue weighted by molar-refractivity contribution is -0.118.